The van der Waals surface area contributed by atoms with Gasteiger partial charge in [0.25, 0.3) is 0 Å². The molecule has 0 aromatic heterocycles. The molecule has 0 heterocycles. The quantitative estimate of drug-likeness (QED) is 0.102. The van der Waals surface area contributed by atoms with Crippen LogP contribution in [-0.2, 0) is 26.8 Å². The van der Waals surface area contributed by atoms with Gasteiger partial charge in [-0.25, -0.2) is 0 Å². The fourth-order valence-electron chi connectivity index (χ4n) is 2.08. The summed E-state index contributed by atoms with van der Waals surface area (Å²) in [6.07, 6.45) is 3.74. The Balaban J connectivity index is -0.000000106. The SMILES string of the molecule is CCC(C)C.CCC(C)C.CCC(C)OCC(O)CN(CC(O)COC(C)CC)C(=S)[S-].CCC(C)OCC(O)C[NH-].S=C=S.[Na+].[Na+]. The number of thiocarbonyl (C=S) groups is 3. The normalized spacial score (nSPS) is 13.7. The van der Waals surface area contributed by atoms with Crippen molar-refractivity contribution in [1.82, 2.24) is 4.90 Å². The van der Waals surface area contributed by atoms with Crippen LogP contribution in [0.2, 0.25) is 0 Å². The summed E-state index contributed by atoms with van der Waals surface area (Å²) in [5.41, 5.74) is 6.78. The van der Waals surface area contributed by atoms with Crippen LogP contribution in [0.15, 0.2) is 0 Å². The van der Waals surface area contributed by atoms with Gasteiger partial charge in [-0.15, -0.1) is 6.54 Å². The molecule has 0 radical (unpaired) electrons. The molecule has 6 unspecified atom stereocenters. The molecular weight excluding hydrogens is 695 g/mol. The molecule has 0 fully saturated rings. The number of aliphatic hydroxyl groups excluding tert-OH is 3. The molecule has 0 rings (SSSR count). The molecule has 0 saturated carbocycles. The molecule has 6 atom stereocenters. The molecule has 0 aromatic rings. The van der Waals surface area contributed by atoms with E-state index < -0.39 is 18.3 Å². The molecule has 4 N–H and O–H groups in total. The van der Waals surface area contributed by atoms with E-state index in [9.17, 15) is 10.2 Å². The van der Waals surface area contributed by atoms with E-state index in [0.717, 1.165) is 31.1 Å². The second kappa shape index (κ2) is 48.0. The van der Waals surface area contributed by atoms with Crippen LogP contribution < -0.4 is 59.1 Å². The monoisotopic (exact) mass is 764 g/mol. The standard InChI is InChI=1S/C15H31NO4S2.C7H16NO2.2C5H12.CS2.2Na/c1-5-11(3)19-9-13(17)7-16(15(21)22)8-14(18)10-20-12(4)6-2;1-3-6(2)10-5-7(9)4-8;2*1-4-5(2)3;2-1-3;;/h11-14,17-18H,5-10H2,1-4H3,(H,21,22);6-9H,3-5H2,1-2H3;2*5H,4H2,1-3H3;;;/q;-1;;;;2*+1/p-1. The van der Waals surface area contributed by atoms with Gasteiger partial charge in [-0.05, 0) is 76.3 Å². The van der Waals surface area contributed by atoms with Crippen LogP contribution in [0.4, 0.5) is 0 Å². The molecule has 0 aromatic carbocycles. The first-order valence-electron chi connectivity index (χ1n) is 16.4. The number of hydrogen-bond donors (Lipinski definition) is 3. The largest absolute Gasteiger partial charge is 1.00 e. The second-order valence-corrected chi connectivity index (χ2v) is 13.4. The summed E-state index contributed by atoms with van der Waals surface area (Å²) in [4.78, 5) is 1.61. The first-order valence-corrected chi connectivity index (χ1v) is 18.1. The van der Waals surface area contributed by atoms with Crippen LogP contribution in [0.3, 0.4) is 0 Å². The van der Waals surface area contributed by atoms with Crippen molar-refractivity contribution in [3.05, 3.63) is 5.73 Å². The van der Waals surface area contributed by atoms with E-state index in [1.807, 2.05) is 45.9 Å². The Morgan fingerprint density at radius 1 is 0.638 bits per heavy atom. The summed E-state index contributed by atoms with van der Waals surface area (Å²) >= 11 is 17.9. The molecule has 8 nitrogen and oxygen atoms in total. The molecule has 47 heavy (non-hydrogen) atoms. The van der Waals surface area contributed by atoms with Gasteiger partial charge in [-0.2, -0.15) is 0 Å². The first kappa shape index (κ1) is 64.0. The zero-order valence-electron chi connectivity index (χ0n) is 32.5. The van der Waals surface area contributed by atoms with Gasteiger partial charge < -0.3 is 65.0 Å². The maximum atomic E-state index is 10.00. The molecule has 0 aliphatic rings. The Bertz CT molecular complexity index is 616. The number of rotatable bonds is 19. The van der Waals surface area contributed by atoms with Crippen molar-refractivity contribution in [3.8, 4) is 0 Å². The second-order valence-electron chi connectivity index (χ2n) is 11.7. The summed E-state index contributed by atoms with van der Waals surface area (Å²) in [5.74, 6) is 1.77. The Morgan fingerprint density at radius 3 is 1.04 bits per heavy atom. The summed E-state index contributed by atoms with van der Waals surface area (Å²) in [7, 11) is 0. The number of ether oxygens (including phenoxy) is 3. The van der Waals surface area contributed by atoms with E-state index in [0.29, 0.717) is 6.61 Å². The molecule has 0 saturated heterocycles. The summed E-state index contributed by atoms with van der Waals surface area (Å²) in [6.45, 7) is 26.5. The third kappa shape index (κ3) is 60.5. The minimum Gasteiger partial charge on any atom is -0.675 e. The van der Waals surface area contributed by atoms with Gasteiger partial charge in [0.1, 0.15) is 0 Å². The third-order valence-electron chi connectivity index (χ3n) is 6.43. The van der Waals surface area contributed by atoms with Crippen molar-refractivity contribution in [2.24, 2.45) is 11.8 Å². The minimum atomic E-state index is -0.697. The van der Waals surface area contributed by atoms with Gasteiger partial charge in [0.15, 0.2) is 0 Å². The van der Waals surface area contributed by atoms with Gasteiger partial charge >= 0.3 is 59.1 Å². The van der Waals surface area contributed by atoms with Crippen molar-refractivity contribution >= 4 is 57.9 Å². The number of hydrogen-bond acceptors (Lipinski definition) is 10. The van der Waals surface area contributed by atoms with Gasteiger partial charge in [0.2, 0.25) is 0 Å². The molecule has 0 amide bonds. The summed E-state index contributed by atoms with van der Waals surface area (Å²) in [6, 6.07) is 0. The molecule has 274 valence electrons. The van der Waals surface area contributed by atoms with Gasteiger partial charge in [0.05, 0.1) is 56.4 Å². The van der Waals surface area contributed by atoms with Crippen LogP contribution in [0, 0.1) is 11.8 Å². The predicted molar refractivity (Wildman–Crippen MR) is 206 cm³/mol. The summed E-state index contributed by atoms with van der Waals surface area (Å²) in [5, 5.41) is 28.9. The Kier molecular flexibility index (Phi) is 65.5. The van der Waals surface area contributed by atoms with Gasteiger partial charge in [-0.3, -0.25) is 0 Å². The predicted octanol–water partition coefficient (Wildman–Crippen LogP) is 1.82. The van der Waals surface area contributed by atoms with Crippen LogP contribution >= 0.6 is 36.7 Å². The van der Waals surface area contributed by atoms with E-state index in [4.69, 9.17) is 49.9 Å². The van der Waals surface area contributed by atoms with E-state index in [-0.39, 0.29) is 115 Å². The smallest absolute Gasteiger partial charge is 0.675 e. The van der Waals surface area contributed by atoms with Crippen molar-refractivity contribution in [2.45, 2.75) is 152 Å². The van der Waals surface area contributed by atoms with Gasteiger partial charge in [-0.1, -0.05) is 79.5 Å². The van der Waals surface area contributed by atoms with Crippen LogP contribution in [0.1, 0.15) is 115 Å². The number of aliphatic hydroxyl groups is 3. The Morgan fingerprint density at radius 2 is 0.872 bits per heavy atom. The van der Waals surface area contributed by atoms with Crippen LogP contribution in [0.25, 0.3) is 5.73 Å². The van der Waals surface area contributed by atoms with Gasteiger partial charge in [0, 0.05) is 17.4 Å². The molecule has 0 aliphatic carbocycles. The zero-order chi connectivity index (χ0) is 36.4. The van der Waals surface area contributed by atoms with Crippen molar-refractivity contribution in [3.63, 3.8) is 0 Å². The van der Waals surface area contributed by atoms with Crippen LogP contribution in [-0.4, -0.2) is 105 Å². The van der Waals surface area contributed by atoms with Crippen molar-refractivity contribution in [1.29, 1.82) is 0 Å². The van der Waals surface area contributed by atoms with E-state index in [1.54, 1.807) is 4.90 Å². The number of nitrogens with one attached hydrogen (secondary N) is 1. The van der Waals surface area contributed by atoms with E-state index in [1.165, 1.54) is 12.8 Å². The van der Waals surface area contributed by atoms with Crippen molar-refractivity contribution in [2.75, 3.05) is 39.5 Å². The average molecular weight is 765 g/mol. The van der Waals surface area contributed by atoms with Crippen LogP contribution in [0.5, 0.6) is 0 Å². The molecule has 14 heteroatoms. The molecule has 0 bridgehead atoms. The minimum absolute atomic E-state index is 0. The van der Waals surface area contributed by atoms with E-state index in [2.05, 4.69) is 66.0 Å². The maximum Gasteiger partial charge on any atom is 1.00 e. The van der Waals surface area contributed by atoms with Crippen molar-refractivity contribution < 1.29 is 88.6 Å². The maximum absolute atomic E-state index is 10.00. The number of nitrogens with zero attached hydrogens (tertiary/aromatic N) is 1. The van der Waals surface area contributed by atoms with E-state index >= 15 is 0 Å². The molecule has 0 spiro atoms. The Hall–Kier alpha value is 2.05. The fourth-order valence-corrected chi connectivity index (χ4v) is 2.37. The first-order chi connectivity index (χ1) is 21.0. The fraction of sp³-hybridized carbons (Fsp3) is 0.939. The topological polar surface area (TPSA) is 115 Å². The zero-order valence-corrected chi connectivity index (χ0v) is 39.8. The Labute approximate surface area is 356 Å². The molecule has 0 aliphatic heterocycles. The summed E-state index contributed by atoms with van der Waals surface area (Å²) < 4.78 is 18.3. The third-order valence-corrected chi connectivity index (χ3v) is 6.95. The molecular formula is C33H70N2Na2O6S4. The average Bonchev–Trinajstić information content (AvgIpc) is 3.01.